The van der Waals surface area contributed by atoms with Crippen LogP contribution < -0.4 is 27.0 Å². The highest BCUT2D eigenvalue weighted by Crippen LogP contribution is 2.52. The second-order valence-electron chi connectivity index (χ2n) is 14.7. The monoisotopic (exact) mass is 782 g/mol. The van der Waals surface area contributed by atoms with E-state index in [2.05, 4.69) is 26.3 Å². The summed E-state index contributed by atoms with van der Waals surface area (Å²) >= 11 is 0. The van der Waals surface area contributed by atoms with E-state index in [0.29, 0.717) is 25.8 Å². The smallest absolute Gasteiger partial charge is 0.326 e. The van der Waals surface area contributed by atoms with Gasteiger partial charge in [0.25, 0.3) is 0 Å². The molecule has 56 heavy (non-hydrogen) atoms. The Morgan fingerprint density at radius 3 is 2.05 bits per heavy atom. The van der Waals surface area contributed by atoms with Crippen molar-refractivity contribution in [2.24, 2.45) is 11.7 Å². The first kappa shape index (κ1) is 43.7. The maximum absolute atomic E-state index is 13.7. The number of hydrogen-bond acceptors (Lipinski definition) is 9. The van der Waals surface area contributed by atoms with Gasteiger partial charge in [0.15, 0.2) is 0 Å². The van der Waals surface area contributed by atoms with Gasteiger partial charge in [0.2, 0.25) is 29.5 Å². The Bertz CT molecular complexity index is 1670. The molecule has 308 valence electrons. The number of amides is 5. The van der Waals surface area contributed by atoms with Crippen LogP contribution in [0.2, 0.25) is 0 Å². The number of nitrogens with two attached hydrogens (primary N) is 1. The number of carboxylic acids is 2. The van der Waals surface area contributed by atoms with Crippen LogP contribution in [0.3, 0.4) is 0 Å². The number of aromatic nitrogens is 1. The van der Waals surface area contributed by atoms with Crippen LogP contribution >= 0.6 is 0 Å². The molecule has 0 spiro atoms. The van der Waals surface area contributed by atoms with Crippen LogP contribution in [-0.4, -0.2) is 104 Å². The molecule has 2 aliphatic rings. The number of aliphatic carboxylic acids is 2. The summed E-state index contributed by atoms with van der Waals surface area (Å²) in [6.07, 6.45) is 10.9. The largest absolute Gasteiger partial charge is 0.481 e. The molecule has 0 aliphatic carbocycles. The topological polar surface area (TPSA) is 256 Å². The van der Waals surface area contributed by atoms with Crippen molar-refractivity contribution in [2.45, 2.75) is 134 Å². The van der Waals surface area contributed by atoms with Crippen molar-refractivity contribution < 1.29 is 43.8 Å². The molecule has 5 atom stereocenters. The summed E-state index contributed by atoms with van der Waals surface area (Å²) in [7, 11) is 0. The molecule has 3 heterocycles. The van der Waals surface area contributed by atoms with E-state index in [9.17, 15) is 38.7 Å². The second kappa shape index (κ2) is 21.9. The lowest BCUT2D eigenvalue weighted by molar-refractivity contribution is -0.142. The lowest BCUT2D eigenvalue weighted by Crippen LogP contribution is -2.52. The molecule has 2 unspecified atom stereocenters. The number of H-pyrrole nitrogens is 1. The molecule has 0 bridgehead atoms. The Labute approximate surface area is 326 Å². The summed E-state index contributed by atoms with van der Waals surface area (Å²) in [4.78, 5) is 88.4. The normalized spacial score (nSPS) is 19.5. The molecule has 4 rings (SSSR count). The molecule has 2 aromatic rings. The number of benzene rings is 1. The quantitative estimate of drug-likeness (QED) is 0.0439. The number of fused-ring (bicyclic) bond motifs is 2. The van der Waals surface area contributed by atoms with E-state index >= 15 is 0 Å². The van der Waals surface area contributed by atoms with Crippen molar-refractivity contribution in [2.75, 3.05) is 13.1 Å². The van der Waals surface area contributed by atoms with Gasteiger partial charge in [-0.2, -0.15) is 10.0 Å². The number of nitrogens with zero attached hydrogens (tertiary/aromatic N) is 2. The molecule has 17 nitrogen and oxygen atoms in total. The van der Waals surface area contributed by atoms with E-state index in [-0.39, 0.29) is 68.7 Å². The van der Waals surface area contributed by atoms with Gasteiger partial charge in [-0.25, -0.2) is 4.79 Å². The minimum atomic E-state index is -1.30. The van der Waals surface area contributed by atoms with Gasteiger partial charge in [0, 0.05) is 62.3 Å². The molecular formula is C39H58N8O9. The highest BCUT2D eigenvalue weighted by molar-refractivity contribution is 5.91. The highest BCUT2D eigenvalue weighted by Gasteiger charge is 2.72. The number of carboxylic acid groups (broad SMARTS) is 2. The van der Waals surface area contributed by atoms with Crippen molar-refractivity contribution in [3.63, 3.8) is 0 Å². The Morgan fingerprint density at radius 1 is 0.768 bits per heavy atom. The number of aromatic amines is 1. The molecule has 9 N–H and O–H groups in total. The summed E-state index contributed by atoms with van der Waals surface area (Å²) in [5, 5.41) is 34.4. The van der Waals surface area contributed by atoms with Crippen LogP contribution in [0.4, 0.5) is 0 Å². The first-order valence-corrected chi connectivity index (χ1v) is 19.9. The van der Waals surface area contributed by atoms with Crippen molar-refractivity contribution in [1.82, 2.24) is 36.3 Å². The molecule has 0 radical (unpaired) electrons. The number of nitrogens with one attached hydrogen (secondary N) is 5. The predicted molar refractivity (Wildman–Crippen MR) is 206 cm³/mol. The molecule has 17 heteroatoms. The van der Waals surface area contributed by atoms with Gasteiger partial charge in [0.05, 0.1) is 5.92 Å². The predicted octanol–water partition coefficient (Wildman–Crippen LogP) is 2.25. The maximum atomic E-state index is 13.7. The number of carbonyl (C=O) groups excluding carboxylic acids is 5. The average Bonchev–Trinajstić information content (AvgIpc) is 4.03. The third-order valence-electron chi connectivity index (χ3n) is 10.4. The Kier molecular flexibility index (Phi) is 17.1. The number of hydrazine groups is 1. The molecule has 2 saturated heterocycles. The number of unbranched alkanes of at least 4 members (excludes halogenated alkanes) is 7. The Morgan fingerprint density at radius 2 is 1.41 bits per heavy atom. The van der Waals surface area contributed by atoms with Crippen LogP contribution in [-0.2, 0) is 40.0 Å². The summed E-state index contributed by atoms with van der Waals surface area (Å²) in [6, 6.07) is 5.32. The zero-order valence-corrected chi connectivity index (χ0v) is 32.2. The van der Waals surface area contributed by atoms with Gasteiger partial charge in [0.1, 0.15) is 24.4 Å². The van der Waals surface area contributed by atoms with Crippen LogP contribution in [0.15, 0.2) is 30.5 Å². The average molecular weight is 783 g/mol. The first-order valence-electron chi connectivity index (χ1n) is 19.9. The van der Waals surface area contributed by atoms with Gasteiger partial charge in [-0.3, -0.25) is 28.8 Å². The van der Waals surface area contributed by atoms with E-state index in [1.807, 2.05) is 41.2 Å². The van der Waals surface area contributed by atoms with Gasteiger partial charge < -0.3 is 42.2 Å². The zero-order valence-electron chi connectivity index (χ0n) is 32.2. The summed E-state index contributed by atoms with van der Waals surface area (Å²) in [5.41, 5.74) is 6.86. The Balaban J connectivity index is 1.21. The summed E-state index contributed by atoms with van der Waals surface area (Å²) in [6.45, 7) is 2.27. The van der Waals surface area contributed by atoms with Crippen LogP contribution in [0.1, 0.15) is 109 Å². The fourth-order valence-corrected chi connectivity index (χ4v) is 7.16. The molecule has 2 aliphatic heterocycles. The summed E-state index contributed by atoms with van der Waals surface area (Å²) < 4.78 is 0. The lowest BCUT2D eigenvalue weighted by Gasteiger charge is -2.24. The standard InChI is InChI=1S/C39H58N8O9/c1-2-26(38-46-34(47(38)46)24-43-32(49)17-10-8-6-4-3-5-7-9-16-31(40)48)36(53)45-30(22-25-23-42-28-15-12-11-14-27(25)28)37(54)41-21-20-29(39(55)56)44-33(50)18-13-19-35(51)52/h11-12,14-15,23,26,29-30,34,38,42H,2-10,13,16-22,24H2,1H3,(H2,40,48)(H,41,54)(H,43,49)(H,44,50)(H,45,53)(H,51,52)(H,55,56)/t26-,29-,30-,34?,38?,46?,47?/m1/s1. The number of para-hydroxylation sites is 1. The highest BCUT2D eigenvalue weighted by atomic mass is 16.4. The minimum Gasteiger partial charge on any atom is -0.481 e. The third kappa shape index (κ3) is 13.6. The number of rotatable bonds is 29. The third-order valence-corrected chi connectivity index (χ3v) is 10.4. The van der Waals surface area contributed by atoms with Crippen LogP contribution in [0.25, 0.3) is 10.9 Å². The van der Waals surface area contributed by atoms with Crippen LogP contribution in [0.5, 0.6) is 0 Å². The number of carbonyl (C=O) groups is 7. The van der Waals surface area contributed by atoms with E-state index < -0.39 is 41.8 Å². The molecular weight excluding hydrogens is 724 g/mol. The minimum absolute atomic E-state index is 0.00502. The molecule has 5 amide bonds. The van der Waals surface area contributed by atoms with E-state index in [1.54, 1.807) is 6.20 Å². The lowest BCUT2D eigenvalue weighted by atomic mass is 9.99. The zero-order chi connectivity index (χ0) is 40.6. The fourth-order valence-electron chi connectivity index (χ4n) is 7.16. The van der Waals surface area contributed by atoms with Crippen molar-refractivity contribution in [3.05, 3.63) is 36.0 Å². The van der Waals surface area contributed by atoms with E-state index in [1.165, 1.54) is 0 Å². The number of primary amides is 1. The fraction of sp³-hybridized carbons (Fsp3) is 0.615. The van der Waals surface area contributed by atoms with Gasteiger partial charge in [-0.15, -0.1) is 0 Å². The molecule has 1 aromatic heterocycles. The molecule has 2 fully saturated rings. The van der Waals surface area contributed by atoms with Crippen molar-refractivity contribution in [3.8, 4) is 0 Å². The maximum Gasteiger partial charge on any atom is 0.326 e. The van der Waals surface area contributed by atoms with Gasteiger partial charge in [-0.05, 0) is 43.7 Å². The number of hydrogen-bond donors (Lipinski definition) is 8. The van der Waals surface area contributed by atoms with Crippen LogP contribution in [0, 0.1) is 5.92 Å². The first-order chi connectivity index (χ1) is 26.9. The van der Waals surface area contributed by atoms with Crippen molar-refractivity contribution >= 4 is 52.4 Å². The Hall–Kier alpha value is -5.03. The van der Waals surface area contributed by atoms with Gasteiger partial charge in [-0.1, -0.05) is 63.6 Å². The van der Waals surface area contributed by atoms with E-state index in [4.69, 9.17) is 10.8 Å². The van der Waals surface area contributed by atoms with Gasteiger partial charge >= 0.3 is 11.9 Å². The van der Waals surface area contributed by atoms with Crippen molar-refractivity contribution in [1.29, 1.82) is 0 Å². The summed E-state index contributed by atoms with van der Waals surface area (Å²) in [5.74, 6) is -4.42. The SMILES string of the molecule is CC[C@H](C(=O)N[C@H](Cc1c[nH]c2ccccc12)C(=O)NCC[C@@H](NC(=O)CCCC(=O)O)C(=O)O)C1N2C(CNC(=O)CCCCCCCCCCC(N)=O)N12. The molecule has 1 aromatic carbocycles. The second-order valence-corrected chi connectivity index (χ2v) is 14.7. The van der Waals surface area contributed by atoms with E-state index in [0.717, 1.165) is 67.8 Å². The molecule has 0 saturated carbocycles.